The first-order valence-corrected chi connectivity index (χ1v) is 1.87. The third-order valence-corrected chi connectivity index (χ3v) is 0.662. The Balaban J connectivity index is 0.000000490. The van der Waals surface area contributed by atoms with Gasteiger partial charge in [-0.05, 0) is 11.0 Å². The van der Waals surface area contributed by atoms with Gasteiger partial charge >= 0.3 is 6.03 Å². The van der Waals surface area contributed by atoms with Crippen LogP contribution in [-0.4, -0.2) is 29.4 Å². The number of rotatable bonds is 0. The van der Waals surface area contributed by atoms with Crippen LogP contribution in [0.5, 0.6) is 0 Å². The lowest BCUT2D eigenvalue weighted by atomic mass is 10.7. The van der Waals surface area contributed by atoms with E-state index in [-0.39, 0.29) is 23.4 Å². The first-order chi connectivity index (χ1) is 3.29. The number of hydrogen-bond donors (Lipinski definition) is 2. The van der Waals surface area contributed by atoms with Gasteiger partial charge in [0.2, 0.25) is 5.91 Å². The molecule has 1 aliphatic rings. The molecule has 0 atom stereocenters. The number of carbonyl (C=O) groups excluding carboxylic acids is 2. The molecule has 2 N–H and O–H groups in total. The van der Waals surface area contributed by atoms with Crippen LogP contribution in [0.15, 0.2) is 0 Å². The van der Waals surface area contributed by atoms with Crippen LogP contribution in [-0.2, 0) is 4.79 Å². The van der Waals surface area contributed by atoms with Gasteiger partial charge in [-0.1, -0.05) is 0 Å². The topological polar surface area (TPSA) is 58.2 Å². The van der Waals surface area contributed by atoms with Crippen LogP contribution in [0.2, 0.25) is 0 Å². The molecule has 0 spiro atoms. The molecule has 0 aliphatic carbocycles. The van der Waals surface area contributed by atoms with Crippen LogP contribution in [0, 0.1) is 0 Å². The van der Waals surface area contributed by atoms with Crippen LogP contribution < -0.4 is 10.6 Å². The minimum Gasteiger partial charge on any atom is -0.329 e. The van der Waals surface area contributed by atoms with Gasteiger partial charge in [0.1, 0.15) is 0 Å². The predicted molar refractivity (Wildman–Crippen MR) is 32.9 cm³/mol. The van der Waals surface area contributed by atoms with E-state index >= 15 is 0 Å². The van der Waals surface area contributed by atoms with Crippen LogP contribution in [0.4, 0.5) is 4.79 Å². The van der Waals surface area contributed by atoms with E-state index in [1.54, 1.807) is 0 Å². The average Bonchev–Trinajstić information content (AvgIpc) is 1.87. The van der Waals surface area contributed by atoms with Gasteiger partial charge in [-0.25, -0.2) is 4.79 Å². The van der Waals surface area contributed by atoms with Crippen molar-refractivity contribution in [2.24, 2.45) is 0 Å². The number of amides is 3. The second-order valence-corrected chi connectivity index (χ2v) is 1.23. The first-order valence-electron chi connectivity index (χ1n) is 1.87. The summed E-state index contributed by atoms with van der Waals surface area (Å²) in [5.41, 5.74) is 0. The van der Waals surface area contributed by atoms with Gasteiger partial charge in [0, 0.05) is 0 Å². The molecular weight excluding hydrogens is 124 g/mol. The van der Waals surface area contributed by atoms with Crippen molar-refractivity contribution in [1.29, 1.82) is 0 Å². The molecule has 0 saturated carbocycles. The Bertz CT molecular complexity index is 110. The van der Waals surface area contributed by atoms with E-state index < -0.39 is 6.03 Å². The van der Waals surface area contributed by atoms with Crippen molar-refractivity contribution in [2.75, 3.05) is 6.54 Å². The molecule has 1 saturated heterocycles. The number of nitrogens with one attached hydrogen (secondary N) is 2. The third-order valence-electron chi connectivity index (χ3n) is 0.662. The number of carbonyl (C=O) groups is 2. The Morgan fingerprint density at radius 1 is 1.38 bits per heavy atom. The van der Waals surface area contributed by atoms with Crippen LogP contribution in [0.25, 0.3) is 0 Å². The normalized spacial score (nSPS) is 16.5. The van der Waals surface area contributed by atoms with Gasteiger partial charge in [-0.3, -0.25) is 10.1 Å². The van der Waals surface area contributed by atoms with E-state index in [0.29, 0.717) is 0 Å². The molecular formula is C3H8N2O2Si. The number of imide groups is 1. The maximum absolute atomic E-state index is 10.1. The lowest BCUT2D eigenvalue weighted by molar-refractivity contribution is -0.117. The largest absolute Gasteiger partial charge is 0.329 e. The first kappa shape index (κ1) is 7.16. The van der Waals surface area contributed by atoms with Gasteiger partial charge in [0.25, 0.3) is 0 Å². The molecule has 4 nitrogen and oxygen atoms in total. The van der Waals surface area contributed by atoms with Crippen molar-refractivity contribution in [3.63, 3.8) is 0 Å². The Hall–Kier alpha value is -0.843. The number of urea groups is 1. The lowest BCUT2D eigenvalue weighted by Gasteiger charge is -1.78. The molecule has 5 heteroatoms. The Labute approximate surface area is 50.7 Å². The van der Waals surface area contributed by atoms with Gasteiger partial charge < -0.3 is 5.32 Å². The minimum atomic E-state index is -0.398. The lowest BCUT2D eigenvalue weighted by Crippen LogP contribution is -2.22. The quantitative estimate of drug-likeness (QED) is 0.280. The summed E-state index contributed by atoms with van der Waals surface area (Å²) in [5, 5.41) is 4.30. The molecule has 3 amide bonds. The van der Waals surface area contributed by atoms with Crippen molar-refractivity contribution < 1.29 is 9.59 Å². The summed E-state index contributed by atoms with van der Waals surface area (Å²) in [6.45, 7) is 0.124. The highest BCUT2D eigenvalue weighted by atomic mass is 28.1. The van der Waals surface area contributed by atoms with E-state index in [9.17, 15) is 9.59 Å². The van der Waals surface area contributed by atoms with Gasteiger partial charge in [0.15, 0.2) is 0 Å². The summed E-state index contributed by atoms with van der Waals surface area (Å²) < 4.78 is 0. The molecule has 0 radical (unpaired) electrons. The third kappa shape index (κ3) is 1.34. The molecule has 0 aromatic carbocycles. The summed E-state index contributed by atoms with van der Waals surface area (Å²) in [5.74, 6) is -0.259. The standard InChI is InChI=1S/C3H4N2O2.H4Si/c6-2-1-4-3(7)5-2;/h1H2,(H2,4,5,6,7);1H4. The summed E-state index contributed by atoms with van der Waals surface area (Å²) in [6.07, 6.45) is 0. The van der Waals surface area contributed by atoms with E-state index in [1.165, 1.54) is 0 Å². The molecule has 8 heavy (non-hydrogen) atoms. The Morgan fingerprint density at radius 3 is 2.12 bits per heavy atom. The molecule has 1 aliphatic heterocycles. The summed E-state index contributed by atoms with van der Waals surface area (Å²) in [4.78, 5) is 20.1. The van der Waals surface area contributed by atoms with Crippen LogP contribution in [0.3, 0.4) is 0 Å². The fourth-order valence-electron chi connectivity index (χ4n) is 0.376. The fraction of sp³-hybridized carbons (Fsp3) is 0.333. The smallest absolute Gasteiger partial charge is 0.321 e. The SMILES string of the molecule is O=C1CNC(=O)N1.[SiH4]. The van der Waals surface area contributed by atoms with E-state index in [4.69, 9.17) is 0 Å². The molecule has 1 heterocycles. The van der Waals surface area contributed by atoms with E-state index in [2.05, 4.69) is 5.32 Å². The monoisotopic (exact) mass is 132 g/mol. The van der Waals surface area contributed by atoms with Crippen LogP contribution >= 0.6 is 0 Å². The van der Waals surface area contributed by atoms with E-state index in [0.717, 1.165) is 0 Å². The Morgan fingerprint density at radius 2 is 2.00 bits per heavy atom. The predicted octanol–water partition coefficient (Wildman–Crippen LogP) is -2.63. The summed E-state index contributed by atoms with van der Waals surface area (Å²) in [6, 6.07) is -0.398. The van der Waals surface area contributed by atoms with Gasteiger partial charge in [-0.2, -0.15) is 0 Å². The summed E-state index contributed by atoms with van der Waals surface area (Å²) >= 11 is 0. The second-order valence-electron chi connectivity index (χ2n) is 1.23. The second kappa shape index (κ2) is 2.46. The van der Waals surface area contributed by atoms with Crippen LogP contribution in [0.1, 0.15) is 0 Å². The van der Waals surface area contributed by atoms with Gasteiger partial charge in [0.05, 0.1) is 6.54 Å². The molecule has 46 valence electrons. The summed E-state index contributed by atoms with van der Waals surface area (Å²) in [7, 11) is 0. The highest BCUT2D eigenvalue weighted by molar-refractivity contribution is 6.01. The van der Waals surface area contributed by atoms with Crippen molar-refractivity contribution in [3.05, 3.63) is 0 Å². The zero-order valence-electron chi connectivity index (χ0n) is 3.52. The fourth-order valence-corrected chi connectivity index (χ4v) is 0.376. The molecule has 1 fully saturated rings. The maximum atomic E-state index is 10.1. The zero-order chi connectivity index (χ0) is 5.28. The molecule has 0 aromatic heterocycles. The highest BCUT2D eigenvalue weighted by Gasteiger charge is 2.14. The maximum Gasteiger partial charge on any atom is 0.321 e. The highest BCUT2D eigenvalue weighted by Crippen LogP contribution is 1.73. The van der Waals surface area contributed by atoms with Crippen molar-refractivity contribution in [2.45, 2.75) is 0 Å². The molecule has 0 unspecified atom stereocenters. The minimum absolute atomic E-state index is 0. The van der Waals surface area contributed by atoms with Gasteiger partial charge in [-0.15, -0.1) is 0 Å². The molecule has 0 aromatic rings. The van der Waals surface area contributed by atoms with Crippen molar-refractivity contribution in [1.82, 2.24) is 10.6 Å². The molecule has 0 bridgehead atoms. The Kier molecular flexibility index (Phi) is 2.20. The average molecular weight is 132 g/mol. The molecule has 1 rings (SSSR count). The van der Waals surface area contributed by atoms with Crippen molar-refractivity contribution >= 4 is 22.9 Å². The van der Waals surface area contributed by atoms with Crippen molar-refractivity contribution in [3.8, 4) is 0 Å². The zero-order valence-corrected chi connectivity index (χ0v) is 3.52. The van der Waals surface area contributed by atoms with E-state index in [1.807, 2.05) is 5.32 Å². The number of hydrogen-bond acceptors (Lipinski definition) is 2.